The van der Waals surface area contributed by atoms with Crippen LogP contribution in [0.15, 0.2) is 0 Å². The fourth-order valence-electron chi connectivity index (χ4n) is 1.93. The summed E-state index contributed by atoms with van der Waals surface area (Å²) in [4.78, 5) is 21.1. The Hall–Kier alpha value is -0.860. The van der Waals surface area contributed by atoms with Crippen LogP contribution in [0.25, 0.3) is 0 Å². The van der Waals surface area contributed by atoms with Crippen molar-refractivity contribution < 1.29 is 14.3 Å². The zero-order chi connectivity index (χ0) is 11.6. The molecule has 2 rings (SSSR count). The number of carbonyl (C=O) groups excluding carboxylic acids is 2. The van der Waals surface area contributed by atoms with Gasteiger partial charge >= 0.3 is 5.97 Å². The molecule has 2 fully saturated rings. The Bertz CT molecular complexity index is 179. The predicted molar refractivity (Wildman–Crippen MR) is 62.1 cm³/mol. The summed E-state index contributed by atoms with van der Waals surface area (Å²) in [7, 11) is 0. The molecule has 0 spiro atoms. The smallest absolute Gasteiger partial charge is 0.305 e. The van der Waals surface area contributed by atoms with Crippen LogP contribution in [0.1, 0.15) is 64.2 Å². The molecule has 0 amide bonds. The Balaban J connectivity index is 0.000000160. The maximum atomic E-state index is 10.7. The van der Waals surface area contributed by atoms with E-state index in [0.717, 1.165) is 44.9 Å². The topological polar surface area (TPSA) is 43.4 Å². The number of Topliss-reactive ketones (excluding diaryl/α,β-unsaturated/α-hetero) is 1. The molecule has 1 aliphatic carbocycles. The molecule has 2 aliphatic rings. The molecule has 0 bridgehead atoms. The molecule has 16 heavy (non-hydrogen) atoms. The van der Waals surface area contributed by atoms with Crippen molar-refractivity contribution in [1.82, 2.24) is 0 Å². The van der Waals surface area contributed by atoms with Gasteiger partial charge in [0.2, 0.25) is 0 Å². The third-order valence-electron chi connectivity index (χ3n) is 2.95. The number of rotatable bonds is 0. The molecule has 0 aromatic rings. The first-order chi connectivity index (χ1) is 7.79. The summed E-state index contributed by atoms with van der Waals surface area (Å²) in [6.07, 6.45) is 10.3. The highest BCUT2D eigenvalue weighted by Gasteiger charge is 2.06. The van der Waals surface area contributed by atoms with E-state index in [0.29, 0.717) is 18.8 Å². The van der Waals surface area contributed by atoms with Gasteiger partial charge in [-0.2, -0.15) is 0 Å². The quantitative estimate of drug-likeness (QED) is 0.471. The van der Waals surface area contributed by atoms with Crippen LogP contribution in [0.2, 0.25) is 0 Å². The molecule has 0 N–H and O–H groups in total. The lowest BCUT2D eigenvalue weighted by Gasteiger charge is -1.93. The molecule has 0 aromatic carbocycles. The van der Waals surface area contributed by atoms with E-state index >= 15 is 0 Å². The van der Waals surface area contributed by atoms with Crippen LogP contribution in [0.5, 0.6) is 0 Å². The number of ketones is 1. The molecular formula is C13H22O3. The van der Waals surface area contributed by atoms with Crippen molar-refractivity contribution in [1.29, 1.82) is 0 Å². The molecular weight excluding hydrogens is 204 g/mol. The van der Waals surface area contributed by atoms with Crippen molar-refractivity contribution >= 4 is 11.8 Å². The third kappa shape index (κ3) is 6.59. The van der Waals surface area contributed by atoms with Crippen molar-refractivity contribution in [2.75, 3.05) is 6.61 Å². The number of esters is 1. The van der Waals surface area contributed by atoms with E-state index in [2.05, 4.69) is 0 Å². The van der Waals surface area contributed by atoms with Gasteiger partial charge in [-0.1, -0.05) is 12.8 Å². The molecule has 3 heteroatoms. The minimum Gasteiger partial charge on any atom is -0.466 e. The highest BCUT2D eigenvalue weighted by Crippen LogP contribution is 2.12. The number of carbonyl (C=O) groups is 2. The van der Waals surface area contributed by atoms with Crippen LogP contribution in [0.3, 0.4) is 0 Å². The Morgan fingerprint density at radius 3 is 1.94 bits per heavy atom. The Morgan fingerprint density at radius 2 is 1.25 bits per heavy atom. The molecule has 1 heterocycles. The van der Waals surface area contributed by atoms with E-state index < -0.39 is 0 Å². The molecule has 0 aromatic heterocycles. The summed E-state index contributed by atoms with van der Waals surface area (Å²) in [5.74, 6) is 0.449. The molecule has 3 nitrogen and oxygen atoms in total. The second kappa shape index (κ2) is 8.31. The van der Waals surface area contributed by atoms with Crippen molar-refractivity contribution in [3.63, 3.8) is 0 Å². The highest BCUT2D eigenvalue weighted by atomic mass is 16.5. The van der Waals surface area contributed by atoms with Crippen LogP contribution in [0.4, 0.5) is 0 Å². The summed E-state index contributed by atoms with van der Waals surface area (Å²) in [5, 5.41) is 0. The average Bonchev–Trinajstić information content (AvgIpc) is 2.64. The number of ether oxygens (including phenoxy) is 1. The summed E-state index contributed by atoms with van der Waals surface area (Å²) < 4.78 is 4.76. The van der Waals surface area contributed by atoms with Gasteiger partial charge in [-0.15, -0.1) is 0 Å². The summed E-state index contributed by atoms with van der Waals surface area (Å²) in [5.41, 5.74) is 0. The fourth-order valence-corrected chi connectivity index (χ4v) is 1.93. The molecule has 92 valence electrons. The van der Waals surface area contributed by atoms with Crippen LogP contribution in [-0.2, 0) is 14.3 Å². The van der Waals surface area contributed by atoms with Crippen molar-refractivity contribution in [3.8, 4) is 0 Å². The summed E-state index contributed by atoms with van der Waals surface area (Å²) in [6, 6.07) is 0. The minimum absolute atomic E-state index is 0.0255. The highest BCUT2D eigenvalue weighted by molar-refractivity contribution is 5.78. The molecule has 0 atom stereocenters. The van der Waals surface area contributed by atoms with E-state index in [4.69, 9.17) is 4.74 Å². The van der Waals surface area contributed by atoms with Gasteiger partial charge in [-0.25, -0.2) is 0 Å². The number of hydrogen-bond donors (Lipinski definition) is 0. The monoisotopic (exact) mass is 226 g/mol. The van der Waals surface area contributed by atoms with E-state index in [1.54, 1.807) is 0 Å². The summed E-state index contributed by atoms with van der Waals surface area (Å²) >= 11 is 0. The number of cyclic esters (lactones) is 1. The van der Waals surface area contributed by atoms with E-state index in [9.17, 15) is 9.59 Å². The molecule has 1 aliphatic heterocycles. The SMILES string of the molecule is O=C1CCCCCC1.O=C1CCCCCO1. The lowest BCUT2D eigenvalue weighted by Crippen LogP contribution is -2.00. The third-order valence-corrected chi connectivity index (χ3v) is 2.95. The zero-order valence-electron chi connectivity index (χ0n) is 10.0. The number of hydrogen-bond acceptors (Lipinski definition) is 3. The van der Waals surface area contributed by atoms with Crippen molar-refractivity contribution in [2.45, 2.75) is 64.2 Å². The van der Waals surface area contributed by atoms with E-state index in [1.807, 2.05) is 0 Å². The van der Waals surface area contributed by atoms with Gasteiger partial charge in [0.25, 0.3) is 0 Å². The van der Waals surface area contributed by atoms with Gasteiger partial charge in [0.15, 0.2) is 0 Å². The van der Waals surface area contributed by atoms with Crippen LogP contribution >= 0.6 is 0 Å². The van der Waals surface area contributed by atoms with Gasteiger partial charge in [-0.05, 0) is 32.1 Å². The second-order valence-electron chi connectivity index (χ2n) is 4.48. The molecule has 1 saturated heterocycles. The first-order valence-electron chi connectivity index (χ1n) is 6.46. The second-order valence-corrected chi connectivity index (χ2v) is 4.48. The van der Waals surface area contributed by atoms with Gasteiger partial charge in [0.1, 0.15) is 5.78 Å². The maximum absolute atomic E-state index is 10.7. The predicted octanol–water partition coefficient (Wildman–Crippen LogP) is 3.01. The van der Waals surface area contributed by atoms with Crippen LogP contribution in [0, 0.1) is 0 Å². The average molecular weight is 226 g/mol. The van der Waals surface area contributed by atoms with Crippen LogP contribution < -0.4 is 0 Å². The maximum Gasteiger partial charge on any atom is 0.305 e. The lowest BCUT2D eigenvalue weighted by atomic mass is 10.2. The van der Waals surface area contributed by atoms with E-state index in [-0.39, 0.29) is 5.97 Å². The minimum atomic E-state index is -0.0255. The summed E-state index contributed by atoms with van der Waals surface area (Å²) in [6.45, 7) is 0.638. The van der Waals surface area contributed by atoms with E-state index in [1.165, 1.54) is 12.8 Å². The van der Waals surface area contributed by atoms with Crippen molar-refractivity contribution in [3.05, 3.63) is 0 Å². The normalized spacial score (nSPS) is 22.2. The first kappa shape index (κ1) is 13.2. The standard InChI is InChI=1S/C7H12O.C6H10O2/c8-7-5-3-1-2-4-6-7;7-6-4-2-1-3-5-8-6/h1-6H2;1-5H2. The Morgan fingerprint density at radius 1 is 0.688 bits per heavy atom. The molecule has 1 saturated carbocycles. The van der Waals surface area contributed by atoms with Gasteiger partial charge < -0.3 is 4.74 Å². The lowest BCUT2D eigenvalue weighted by molar-refractivity contribution is -0.142. The van der Waals surface area contributed by atoms with Crippen molar-refractivity contribution in [2.24, 2.45) is 0 Å². The van der Waals surface area contributed by atoms with Gasteiger partial charge in [0, 0.05) is 19.3 Å². The fraction of sp³-hybridized carbons (Fsp3) is 0.846. The van der Waals surface area contributed by atoms with Crippen LogP contribution in [-0.4, -0.2) is 18.4 Å². The Labute approximate surface area is 97.5 Å². The first-order valence-corrected chi connectivity index (χ1v) is 6.46. The van der Waals surface area contributed by atoms with Gasteiger partial charge in [0.05, 0.1) is 6.61 Å². The molecule has 0 unspecified atom stereocenters. The molecule has 0 radical (unpaired) electrons. The Kier molecular flexibility index (Phi) is 6.86. The largest absolute Gasteiger partial charge is 0.466 e. The zero-order valence-corrected chi connectivity index (χ0v) is 10.0. The van der Waals surface area contributed by atoms with Gasteiger partial charge in [-0.3, -0.25) is 9.59 Å².